The number of aromatic amines is 1. The molecule has 0 saturated carbocycles. The topological polar surface area (TPSA) is 49.9 Å². The fourth-order valence-electron chi connectivity index (χ4n) is 2.76. The van der Waals surface area contributed by atoms with Crippen molar-refractivity contribution in [3.05, 3.63) is 88.7 Å². The van der Waals surface area contributed by atoms with Crippen molar-refractivity contribution in [2.75, 3.05) is 0 Å². The Morgan fingerprint density at radius 1 is 0.846 bits per heavy atom. The number of nitrogens with zero attached hydrogens (tertiary/aromatic N) is 1. The Bertz CT molecular complexity index is 997. The Kier molecular flexibility index (Phi) is 5.00. The lowest BCUT2D eigenvalue weighted by molar-refractivity contribution is 0.482. The molecule has 1 aromatic heterocycles. The van der Waals surface area contributed by atoms with Gasteiger partial charge in [-0.3, -0.25) is 0 Å². The van der Waals surface area contributed by atoms with Crippen molar-refractivity contribution < 1.29 is 4.74 Å². The average Bonchev–Trinajstić information content (AvgIpc) is 3.09. The quantitative estimate of drug-likeness (QED) is 0.449. The average molecular weight is 408 g/mol. The third-order valence-corrected chi connectivity index (χ3v) is 4.68. The monoisotopic (exact) mass is 407 g/mol. The minimum atomic E-state index is 0.684. The summed E-state index contributed by atoms with van der Waals surface area (Å²) in [5, 5.41) is 3.42. The number of hydrogen-bond acceptors (Lipinski definition) is 3. The summed E-state index contributed by atoms with van der Waals surface area (Å²) in [7, 11) is 0. The van der Waals surface area contributed by atoms with Gasteiger partial charge in [-0.1, -0.05) is 36.4 Å². The number of imidazole rings is 1. The second-order valence-corrected chi connectivity index (χ2v) is 6.84. The standard InChI is InChI=1S/C21H18BrN3O/c22-18-7-4-8-19-21(18)25-20(24-19)14-23-13-15-9-11-17(12-10-15)26-16-5-2-1-3-6-16/h1-12,23H,13-14H2,(H,24,25). The van der Waals surface area contributed by atoms with Gasteiger partial charge in [-0.2, -0.15) is 0 Å². The summed E-state index contributed by atoms with van der Waals surface area (Å²) < 4.78 is 6.82. The molecule has 0 bridgehead atoms. The van der Waals surface area contributed by atoms with Crippen molar-refractivity contribution >= 4 is 27.0 Å². The highest BCUT2D eigenvalue weighted by molar-refractivity contribution is 9.10. The second-order valence-electron chi connectivity index (χ2n) is 5.98. The Labute approximate surface area is 160 Å². The molecule has 0 spiro atoms. The van der Waals surface area contributed by atoms with E-state index in [2.05, 4.69) is 43.3 Å². The zero-order chi connectivity index (χ0) is 17.8. The lowest BCUT2D eigenvalue weighted by Crippen LogP contribution is -2.13. The molecule has 1 heterocycles. The molecule has 4 rings (SSSR count). The van der Waals surface area contributed by atoms with Gasteiger partial charge in [0.05, 0.1) is 12.1 Å². The maximum absolute atomic E-state index is 5.81. The number of halogens is 1. The van der Waals surface area contributed by atoms with Gasteiger partial charge in [0.2, 0.25) is 0 Å². The Morgan fingerprint density at radius 2 is 1.62 bits per heavy atom. The van der Waals surface area contributed by atoms with Gasteiger partial charge in [-0.15, -0.1) is 0 Å². The van der Waals surface area contributed by atoms with E-state index in [0.29, 0.717) is 6.54 Å². The normalized spacial score (nSPS) is 11.0. The Hall–Kier alpha value is -2.63. The number of fused-ring (bicyclic) bond motifs is 1. The van der Waals surface area contributed by atoms with Crippen molar-refractivity contribution in [2.24, 2.45) is 0 Å². The molecule has 0 atom stereocenters. The molecule has 2 N–H and O–H groups in total. The molecule has 4 nitrogen and oxygen atoms in total. The van der Waals surface area contributed by atoms with Crippen LogP contribution in [-0.2, 0) is 13.1 Å². The number of benzene rings is 3. The molecule has 26 heavy (non-hydrogen) atoms. The van der Waals surface area contributed by atoms with Crippen LogP contribution in [0.1, 0.15) is 11.4 Å². The number of para-hydroxylation sites is 2. The highest BCUT2D eigenvalue weighted by Crippen LogP contribution is 2.22. The molecular formula is C21H18BrN3O. The molecule has 0 saturated heterocycles. The van der Waals surface area contributed by atoms with Crippen LogP contribution < -0.4 is 10.1 Å². The van der Waals surface area contributed by atoms with Crippen molar-refractivity contribution in [3.8, 4) is 11.5 Å². The van der Waals surface area contributed by atoms with E-state index in [1.165, 1.54) is 5.56 Å². The Morgan fingerprint density at radius 3 is 2.38 bits per heavy atom. The predicted octanol–water partition coefficient (Wildman–Crippen LogP) is 5.41. The fourth-order valence-corrected chi connectivity index (χ4v) is 3.21. The van der Waals surface area contributed by atoms with Crippen LogP contribution in [0.4, 0.5) is 0 Å². The number of rotatable bonds is 6. The van der Waals surface area contributed by atoms with E-state index in [9.17, 15) is 0 Å². The first-order valence-corrected chi connectivity index (χ1v) is 9.23. The maximum Gasteiger partial charge on any atom is 0.127 e. The summed E-state index contributed by atoms with van der Waals surface area (Å²) >= 11 is 3.53. The molecule has 0 unspecified atom stereocenters. The number of aromatic nitrogens is 2. The fraction of sp³-hybridized carbons (Fsp3) is 0.0952. The highest BCUT2D eigenvalue weighted by atomic mass is 79.9. The second kappa shape index (κ2) is 7.72. The molecule has 0 aliphatic rings. The first-order chi connectivity index (χ1) is 12.8. The van der Waals surface area contributed by atoms with Gasteiger partial charge in [-0.05, 0) is 57.9 Å². The molecular weight excluding hydrogens is 390 g/mol. The van der Waals surface area contributed by atoms with Crippen LogP contribution in [-0.4, -0.2) is 9.97 Å². The van der Waals surface area contributed by atoms with E-state index in [-0.39, 0.29) is 0 Å². The van der Waals surface area contributed by atoms with Crippen LogP contribution in [0.3, 0.4) is 0 Å². The van der Waals surface area contributed by atoms with Crippen LogP contribution in [0.25, 0.3) is 11.0 Å². The summed E-state index contributed by atoms with van der Waals surface area (Å²) in [5.41, 5.74) is 3.20. The number of ether oxygens (including phenoxy) is 1. The van der Waals surface area contributed by atoms with Gasteiger partial charge in [0.1, 0.15) is 22.8 Å². The van der Waals surface area contributed by atoms with E-state index in [4.69, 9.17) is 4.74 Å². The summed E-state index contributed by atoms with van der Waals surface area (Å²) in [6.07, 6.45) is 0. The molecule has 0 amide bonds. The zero-order valence-corrected chi connectivity index (χ0v) is 15.7. The number of H-pyrrole nitrogens is 1. The highest BCUT2D eigenvalue weighted by Gasteiger charge is 2.05. The summed E-state index contributed by atoms with van der Waals surface area (Å²) in [6.45, 7) is 1.45. The zero-order valence-electron chi connectivity index (χ0n) is 14.1. The molecule has 0 radical (unpaired) electrons. The third kappa shape index (κ3) is 3.95. The van der Waals surface area contributed by atoms with Crippen LogP contribution in [0.2, 0.25) is 0 Å². The smallest absolute Gasteiger partial charge is 0.127 e. The minimum absolute atomic E-state index is 0.684. The van der Waals surface area contributed by atoms with Crippen molar-refractivity contribution in [1.82, 2.24) is 15.3 Å². The van der Waals surface area contributed by atoms with E-state index in [0.717, 1.165) is 39.4 Å². The lowest BCUT2D eigenvalue weighted by atomic mass is 10.2. The predicted molar refractivity (Wildman–Crippen MR) is 107 cm³/mol. The van der Waals surface area contributed by atoms with Crippen molar-refractivity contribution in [1.29, 1.82) is 0 Å². The molecule has 0 aliphatic heterocycles. The molecule has 0 aliphatic carbocycles. The van der Waals surface area contributed by atoms with Gasteiger partial charge in [0.15, 0.2) is 0 Å². The van der Waals surface area contributed by atoms with Gasteiger partial charge in [0, 0.05) is 11.0 Å². The van der Waals surface area contributed by atoms with Crippen LogP contribution >= 0.6 is 15.9 Å². The van der Waals surface area contributed by atoms with Crippen LogP contribution in [0, 0.1) is 0 Å². The maximum atomic E-state index is 5.81. The van der Waals surface area contributed by atoms with E-state index < -0.39 is 0 Å². The van der Waals surface area contributed by atoms with Gasteiger partial charge < -0.3 is 15.0 Å². The first-order valence-electron chi connectivity index (χ1n) is 8.43. The SMILES string of the molecule is Brc1cccc2[nH]c(CNCc3ccc(Oc4ccccc4)cc3)nc12. The van der Waals surface area contributed by atoms with E-state index in [1.807, 2.05) is 60.7 Å². The van der Waals surface area contributed by atoms with E-state index in [1.54, 1.807) is 0 Å². The molecule has 3 aromatic carbocycles. The molecule has 0 fully saturated rings. The molecule has 5 heteroatoms. The minimum Gasteiger partial charge on any atom is -0.457 e. The lowest BCUT2D eigenvalue weighted by Gasteiger charge is -2.07. The summed E-state index contributed by atoms with van der Waals surface area (Å²) in [4.78, 5) is 7.95. The molecule has 4 aromatic rings. The van der Waals surface area contributed by atoms with Crippen molar-refractivity contribution in [3.63, 3.8) is 0 Å². The van der Waals surface area contributed by atoms with E-state index >= 15 is 0 Å². The third-order valence-electron chi connectivity index (χ3n) is 4.04. The van der Waals surface area contributed by atoms with Crippen molar-refractivity contribution in [2.45, 2.75) is 13.1 Å². The number of nitrogens with one attached hydrogen (secondary N) is 2. The summed E-state index contributed by atoms with van der Waals surface area (Å²) in [6, 6.07) is 23.9. The largest absolute Gasteiger partial charge is 0.457 e. The van der Waals surface area contributed by atoms with Crippen LogP contribution in [0.15, 0.2) is 77.3 Å². The van der Waals surface area contributed by atoms with Gasteiger partial charge >= 0.3 is 0 Å². The van der Waals surface area contributed by atoms with Gasteiger partial charge in [0.25, 0.3) is 0 Å². The first kappa shape index (κ1) is 16.8. The van der Waals surface area contributed by atoms with Crippen LogP contribution in [0.5, 0.6) is 11.5 Å². The summed E-state index contributed by atoms with van der Waals surface area (Å²) in [5.74, 6) is 2.60. The van der Waals surface area contributed by atoms with Gasteiger partial charge in [-0.25, -0.2) is 4.98 Å². The number of hydrogen-bond donors (Lipinski definition) is 2. The Balaban J connectivity index is 1.33. The molecule has 130 valence electrons.